The predicted molar refractivity (Wildman–Crippen MR) is 58.7 cm³/mol. The zero-order valence-electron chi connectivity index (χ0n) is 8.05. The number of aldehydes is 1. The summed E-state index contributed by atoms with van der Waals surface area (Å²) in [4.78, 5) is 14.3. The van der Waals surface area contributed by atoms with Gasteiger partial charge in [-0.3, -0.25) is 9.79 Å². The first kappa shape index (κ1) is 10.2. The molecule has 0 spiro atoms. The molecule has 1 aromatic rings. The molecule has 1 rings (SSSR count). The van der Waals surface area contributed by atoms with E-state index in [9.17, 15) is 4.79 Å². The van der Waals surface area contributed by atoms with Crippen LogP contribution in [0, 0.1) is 0 Å². The Morgan fingerprint density at radius 3 is 2.93 bits per heavy atom. The molecule has 0 aromatic carbocycles. The Balaban J connectivity index is 3.00. The van der Waals surface area contributed by atoms with Crippen molar-refractivity contribution < 1.29 is 4.79 Å². The maximum absolute atomic E-state index is 10.5. The molecule has 0 aliphatic heterocycles. The molecular formula is C11H12N2O. The number of hydrogen-bond donors (Lipinski definition) is 0. The van der Waals surface area contributed by atoms with E-state index in [2.05, 4.69) is 11.6 Å². The lowest BCUT2D eigenvalue weighted by atomic mass is 10.4. The quantitative estimate of drug-likeness (QED) is 0.404. The highest BCUT2D eigenvalue weighted by Crippen LogP contribution is 2.07. The number of allylic oxidation sites excluding steroid dienone is 3. The van der Waals surface area contributed by atoms with E-state index in [0.29, 0.717) is 5.56 Å². The standard InChI is InChI=1S/C11H12N2O/c1-3-11(4-6-12-2)13-7-5-10(8-13)9-14/h3-9H,1H2,2H3/b11-4+,12-6?. The van der Waals surface area contributed by atoms with Crippen LogP contribution >= 0.6 is 0 Å². The molecule has 0 atom stereocenters. The van der Waals surface area contributed by atoms with Crippen LogP contribution in [-0.2, 0) is 0 Å². The summed E-state index contributed by atoms with van der Waals surface area (Å²) in [6.45, 7) is 3.69. The van der Waals surface area contributed by atoms with Gasteiger partial charge < -0.3 is 4.57 Å². The molecule has 0 aliphatic rings. The van der Waals surface area contributed by atoms with Gasteiger partial charge in [-0.15, -0.1) is 0 Å². The first-order valence-electron chi connectivity index (χ1n) is 4.20. The third-order valence-corrected chi connectivity index (χ3v) is 1.75. The average Bonchev–Trinajstić information content (AvgIpc) is 2.68. The van der Waals surface area contributed by atoms with Gasteiger partial charge >= 0.3 is 0 Å². The Kier molecular flexibility index (Phi) is 3.61. The molecule has 0 aliphatic carbocycles. The van der Waals surface area contributed by atoms with Crippen LogP contribution in [0.5, 0.6) is 0 Å². The van der Waals surface area contributed by atoms with Crippen molar-refractivity contribution in [3.05, 3.63) is 42.8 Å². The summed E-state index contributed by atoms with van der Waals surface area (Å²) in [5, 5.41) is 0. The molecule has 1 aromatic heterocycles. The second-order valence-electron chi connectivity index (χ2n) is 2.67. The summed E-state index contributed by atoms with van der Waals surface area (Å²) in [5.74, 6) is 0. The Morgan fingerprint density at radius 2 is 2.43 bits per heavy atom. The summed E-state index contributed by atoms with van der Waals surface area (Å²) in [5.41, 5.74) is 1.52. The molecule has 0 radical (unpaired) electrons. The molecule has 0 fully saturated rings. The zero-order chi connectivity index (χ0) is 10.4. The number of carbonyl (C=O) groups excluding carboxylic acids is 1. The summed E-state index contributed by atoms with van der Waals surface area (Å²) in [6, 6.07) is 1.74. The minimum absolute atomic E-state index is 0.645. The van der Waals surface area contributed by atoms with Crippen molar-refractivity contribution in [3.8, 4) is 0 Å². The molecule has 3 heteroatoms. The highest BCUT2D eigenvalue weighted by Gasteiger charge is 1.96. The molecule has 0 saturated heterocycles. The lowest BCUT2D eigenvalue weighted by Gasteiger charge is -2.00. The van der Waals surface area contributed by atoms with Crippen LogP contribution in [-0.4, -0.2) is 24.1 Å². The van der Waals surface area contributed by atoms with Crippen LogP contribution in [0.1, 0.15) is 10.4 Å². The topological polar surface area (TPSA) is 34.4 Å². The minimum atomic E-state index is 0.645. The van der Waals surface area contributed by atoms with Crippen molar-refractivity contribution in [2.24, 2.45) is 4.99 Å². The first-order valence-corrected chi connectivity index (χ1v) is 4.20. The van der Waals surface area contributed by atoms with Gasteiger partial charge in [0.1, 0.15) is 0 Å². The summed E-state index contributed by atoms with van der Waals surface area (Å²) >= 11 is 0. The maximum Gasteiger partial charge on any atom is 0.151 e. The van der Waals surface area contributed by atoms with Crippen LogP contribution < -0.4 is 0 Å². The van der Waals surface area contributed by atoms with E-state index in [1.807, 2.05) is 10.6 Å². The summed E-state index contributed by atoms with van der Waals surface area (Å²) in [6.07, 6.45) is 9.56. The highest BCUT2D eigenvalue weighted by molar-refractivity contribution is 5.82. The summed E-state index contributed by atoms with van der Waals surface area (Å²) < 4.78 is 1.82. The van der Waals surface area contributed by atoms with Gasteiger partial charge in [0.25, 0.3) is 0 Å². The van der Waals surface area contributed by atoms with Crippen molar-refractivity contribution in [2.75, 3.05) is 7.05 Å². The van der Waals surface area contributed by atoms with E-state index < -0.39 is 0 Å². The van der Waals surface area contributed by atoms with E-state index in [0.717, 1.165) is 12.0 Å². The Morgan fingerprint density at radius 1 is 1.64 bits per heavy atom. The Labute approximate surface area is 83.1 Å². The van der Waals surface area contributed by atoms with Crippen molar-refractivity contribution in [2.45, 2.75) is 0 Å². The van der Waals surface area contributed by atoms with Gasteiger partial charge in [-0.2, -0.15) is 0 Å². The van der Waals surface area contributed by atoms with E-state index in [1.54, 1.807) is 37.8 Å². The summed E-state index contributed by atoms with van der Waals surface area (Å²) in [7, 11) is 1.70. The monoisotopic (exact) mass is 188 g/mol. The second-order valence-corrected chi connectivity index (χ2v) is 2.67. The van der Waals surface area contributed by atoms with Crippen molar-refractivity contribution in [1.29, 1.82) is 0 Å². The van der Waals surface area contributed by atoms with Gasteiger partial charge in [-0.25, -0.2) is 0 Å². The molecule has 0 amide bonds. The maximum atomic E-state index is 10.5. The molecule has 0 unspecified atom stereocenters. The molecule has 0 N–H and O–H groups in total. The average molecular weight is 188 g/mol. The predicted octanol–water partition coefficient (Wildman–Crippen LogP) is 2.03. The van der Waals surface area contributed by atoms with Crippen LogP contribution in [0.15, 0.2) is 42.2 Å². The first-order chi connectivity index (χ1) is 6.81. The third-order valence-electron chi connectivity index (χ3n) is 1.75. The molecule has 1 heterocycles. The van der Waals surface area contributed by atoms with Crippen molar-refractivity contribution in [1.82, 2.24) is 4.57 Å². The lowest BCUT2D eigenvalue weighted by molar-refractivity contribution is 0.112. The molecule has 3 nitrogen and oxygen atoms in total. The largest absolute Gasteiger partial charge is 0.323 e. The molecule has 14 heavy (non-hydrogen) atoms. The van der Waals surface area contributed by atoms with E-state index >= 15 is 0 Å². The van der Waals surface area contributed by atoms with Crippen LogP contribution in [0.4, 0.5) is 0 Å². The molecule has 0 bridgehead atoms. The van der Waals surface area contributed by atoms with Gasteiger partial charge in [0.15, 0.2) is 6.29 Å². The van der Waals surface area contributed by atoms with Crippen LogP contribution in [0.2, 0.25) is 0 Å². The molecule has 0 saturated carbocycles. The normalized spacial score (nSPS) is 11.9. The van der Waals surface area contributed by atoms with E-state index in [4.69, 9.17) is 0 Å². The number of carbonyl (C=O) groups is 1. The van der Waals surface area contributed by atoms with E-state index in [-0.39, 0.29) is 0 Å². The van der Waals surface area contributed by atoms with Gasteiger partial charge in [0, 0.05) is 36.9 Å². The van der Waals surface area contributed by atoms with E-state index in [1.165, 1.54) is 0 Å². The van der Waals surface area contributed by atoms with Gasteiger partial charge in [-0.1, -0.05) is 6.58 Å². The number of hydrogen-bond acceptors (Lipinski definition) is 2. The van der Waals surface area contributed by atoms with Crippen LogP contribution in [0.3, 0.4) is 0 Å². The highest BCUT2D eigenvalue weighted by atomic mass is 16.1. The fourth-order valence-electron chi connectivity index (χ4n) is 1.05. The van der Waals surface area contributed by atoms with Crippen molar-refractivity contribution in [3.63, 3.8) is 0 Å². The van der Waals surface area contributed by atoms with Crippen molar-refractivity contribution >= 4 is 18.2 Å². The number of aromatic nitrogens is 1. The third kappa shape index (κ3) is 2.29. The number of rotatable bonds is 4. The number of nitrogens with zero attached hydrogens (tertiary/aromatic N) is 2. The smallest absolute Gasteiger partial charge is 0.151 e. The molecular weight excluding hydrogens is 176 g/mol. The fourth-order valence-corrected chi connectivity index (χ4v) is 1.05. The minimum Gasteiger partial charge on any atom is -0.323 e. The zero-order valence-corrected chi connectivity index (χ0v) is 8.05. The van der Waals surface area contributed by atoms with Gasteiger partial charge in [0.2, 0.25) is 0 Å². The van der Waals surface area contributed by atoms with Crippen LogP contribution in [0.25, 0.3) is 5.70 Å². The SMILES string of the molecule is C=C/C(=C\C=NC)n1ccc(C=O)c1. The Hall–Kier alpha value is -1.90. The number of aliphatic imine (C=N–C) groups is 1. The fraction of sp³-hybridized carbons (Fsp3) is 0.0909. The Bertz CT molecular complexity index is 386. The molecule has 72 valence electrons. The second kappa shape index (κ2) is 4.97. The lowest BCUT2D eigenvalue weighted by Crippen LogP contribution is -1.90. The van der Waals surface area contributed by atoms with Gasteiger partial charge in [0.05, 0.1) is 0 Å². The van der Waals surface area contributed by atoms with Gasteiger partial charge in [-0.05, 0) is 18.2 Å².